The van der Waals surface area contributed by atoms with Crippen molar-refractivity contribution >= 4 is 38.5 Å². The lowest BCUT2D eigenvalue weighted by molar-refractivity contribution is 0.468. The van der Waals surface area contributed by atoms with E-state index in [9.17, 15) is 9.90 Å². The van der Waals surface area contributed by atoms with Crippen molar-refractivity contribution in [1.29, 1.82) is 0 Å². The Balaban J connectivity index is 3.01. The maximum atomic E-state index is 11.0. The lowest BCUT2D eigenvalue weighted by Crippen LogP contribution is -1.95. The van der Waals surface area contributed by atoms with Gasteiger partial charge in [0, 0.05) is 5.02 Å². The lowest BCUT2D eigenvalue weighted by atomic mass is 10.2. The van der Waals surface area contributed by atoms with Gasteiger partial charge in [-0.2, -0.15) is 0 Å². The first kappa shape index (κ1) is 9.55. The van der Waals surface area contributed by atoms with Crippen LogP contribution in [-0.2, 0) is 0 Å². The molecule has 2 aromatic rings. The second-order valence-corrected chi connectivity index (χ2v) is 4.01. The highest BCUT2D eigenvalue weighted by Gasteiger charge is 2.08. The molecular weight excluding hydrogens is 271 g/mol. The second-order valence-electron chi connectivity index (χ2n) is 2.71. The fourth-order valence-corrected chi connectivity index (χ4v) is 2.06. The molecule has 0 saturated heterocycles. The van der Waals surface area contributed by atoms with Crippen LogP contribution >= 0.6 is 27.5 Å². The van der Waals surface area contributed by atoms with Crippen LogP contribution in [0, 0.1) is 0 Å². The molecule has 0 radical (unpaired) electrons. The molecule has 14 heavy (non-hydrogen) atoms. The molecule has 72 valence electrons. The summed E-state index contributed by atoms with van der Waals surface area (Å²) in [6, 6.07) is 4.12. The molecule has 1 heterocycles. The molecule has 0 amide bonds. The zero-order valence-corrected chi connectivity index (χ0v) is 9.09. The van der Waals surface area contributed by atoms with Crippen LogP contribution in [0.1, 0.15) is 0 Å². The van der Waals surface area contributed by atoms with Crippen molar-refractivity contribution in [2.75, 3.05) is 0 Å². The van der Waals surface area contributed by atoms with Gasteiger partial charge in [0.25, 0.3) is 0 Å². The SMILES string of the molecule is O=c1cc(O)c2cc(Cl)cc(Br)c2o1. The van der Waals surface area contributed by atoms with E-state index >= 15 is 0 Å². The maximum Gasteiger partial charge on any atom is 0.339 e. The third-order valence-electron chi connectivity index (χ3n) is 1.74. The molecule has 0 aliphatic rings. The minimum atomic E-state index is -0.599. The summed E-state index contributed by atoms with van der Waals surface area (Å²) in [4.78, 5) is 11.0. The van der Waals surface area contributed by atoms with E-state index in [0.717, 1.165) is 6.07 Å². The zero-order valence-electron chi connectivity index (χ0n) is 6.75. The van der Waals surface area contributed by atoms with Crippen LogP contribution in [-0.4, -0.2) is 5.11 Å². The fourth-order valence-electron chi connectivity index (χ4n) is 1.17. The molecule has 0 spiro atoms. The van der Waals surface area contributed by atoms with Gasteiger partial charge in [-0.15, -0.1) is 0 Å². The van der Waals surface area contributed by atoms with Gasteiger partial charge in [0.1, 0.15) is 5.75 Å². The van der Waals surface area contributed by atoms with E-state index in [-0.39, 0.29) is 5.75 Å². The van der Waals surface area contributed by atoms with Crippen LogP contribution in [0.25, 0.3) is 11.0 Å². The molecule has 3 nitrogen and oxygen atoms in total. The normalized spacial score (nSPS) is 10.7. The van der Waals surface area contributed by atoms with Crippen molar-refractivity contribution in [2.24, 2.45) is 0 Å². The summed E-state index contributed by atoms with van der Waals surface area (Å²) in [7, 11) is 0. The van der Waals surface area contributed by atoms with E-state index in [1.54, 1.807) is 6.07 Å². The van der Waals surface area contributed by atoms with Gasteiger partial charge >= 0.3 is 5.63 Å². The summed E-state index contributed by atoms with van der Waals surface area (Å²) in [6.07, 6.45) is 0. The largest absolute Gasteiger partial charge is 0.507 e. The Morgan fingerprint density at radius 3 is 2.79 bits per heavy atom. The lowest BCUT2D eigenvalue weighted by Gasteiger charge is -2.01. The molecule has 0 unspecified atom stereocenters. The van der Waals surface area contributed by atoms with Crippen LogP contribution in [0.3, 0.4) is 0 Å². The van der Waals surface area contributed by atoms with Gasteiger partial charge in [0.2, 0.25) is 0 Å². The molecule has 2 rings (SSSR count). The van der Waals surface area contributed by atoms with Crippen molar-refractivity contribution in [2.45, 2.75) is 0 Å². The Morgan fingerprint density at radius 1 is 1.36 bits per heavy atom. The highest BCUT2D eigenvalue weighted by Crippen LogP contribution is 2.31. The molecule has 0 bridgehead atoms. The average molecular weight is 275 g/mol. The van der Waals surface area contributed by atoms with E-state index in [2.05, 4.69) is 15.9 Å². The standard InChI is InChI=1S/C9H4BrClO3/c10-6-2-4(11)1-5-7(12)3-8(13)14-9(5)6/h1-3,12H. The van der Waals surface area contributed by atoms with Gasteiger partial charge in [-0.25, -0.2) is 4.79 Å². The number of benzene rings is 1. The van der Waals surface area contributed by atoms with Gasteiger partial charge in [-0.1, -0.05) is 11.6 Å². The van der Waals surface area contributed by atoms with Crippen LogP contribution in [0.4, 0.5) is 0 Å². The number of halogens is 2. The third-order valence-corrected chi connectivity index (χ3v) is 2.55. The molecule has 0 atom stereocenters. The number of hydrogen-bond donors (Lipinski definition) is 1. The predicted molar refractivity (Wildman–Crippen MR) is 56.9 cm³/mol. The van der Waals surface area contributed by atoms with E-state index in [4.69, 9.17) is 16.0 Å². The highest BCUT2D eigenvalue weighted by molar-refractivity contribution is 9.10. The Morgan fingerprint density at radius 2 is 2.07 bits per heavy atom. The quantitative estimate of drug-likeness (QED) is 0.752. The molecule has 1 aromatic heterocycles. The summed E-state index contributed by atoms with van der Waals surface area (Å²) in [5, 5.41) is 10.3. The Bertz CT molecular complexity index is 562. The van der Waals surface area contributed by atoms with Gasteiger partial charge in [-0.3, -0.25) is 0 Å². The van der Waals surface area contributed by atoms with E-state index < -0.39 is 5.63 Å². The van der Waals surface area contributed by atoms with E-state index in [1.165, 1.54) is 6.07 Å². The smallest absolute Gasteiger partial charge is 0.339 e. The first-order valence-electron chi connectivity index (χ1n) is 3.70. The van der Waals surface area contributed by atoms with E-state index in [0.29, 0.717) is 20.5 Å². The monoisotopic (exact) mass is 274 g/mol. The van der Waals surface area contributed by atoms with Crippen LogP contribution in [0.15, 0.2) is 31.9 Å². The van der Waals surface area contributed by atoms with Crippen LogP contribution in [0.5, 0.6) is 5.75 Å². The van der Waals surface area contributed by atoms with Gasteiger partial charge < -0.3 is 9.52 Å². The molecule has 1 aromatic carbocycles. The minimum absolute atomic E-state index is 0.139. The van der Waals surface area contributed by atoms with Crippen molar-refractivity contribution in [3.63, 3.8) is 0 Å². The molecule has 0 aliphatic carbocycles. The Kier molecular flexibility index (Phi) is 2.25. The first-order chi connectivity index (χ1) is 6.58. The van der Waals surface area contributed by atoms with Gasteiger partial charge in [0.05, 0.1) is 15.9 Å². The number of fused-ring (bicyclic) bond motifs is 1. The van der Waals surface area contributed by atoms with Gasteiger partial charge in [-0.05, 0) is 28.1 Å². The Hall–Kier alpha value is -1.00. The van der Waals surface area contributed by atoms with Crippen molar-refractivity contribution in [3.8, 4) is 5.75 Å². The number of rotatable bonds is 0. The maximum absolute atomic E-state index is 11.0. The molecule has 0 fully saturated rings. The highest BCUT2D eigenvalue weighted by atomic mass is 79.9. The number of aromatic hydroxyl groups is 1. The molecule has 5 heteroatoms. The first-order valence-corrected chi connectivity index (χ1v) is 4.87. The van der Waals surface area contributed by atoms with Crippen molar-refractivity contribution in [3.05, 3.63) is 38.1 Å². The molecule has 0 aliphatic heterocycles. The van der Waals surface area contributed by atoms with Crippen molar-refractivity contribution < 1.29 is 9.52 Å². The molecular formula is C9H4BrClO3. The van der Waals surface area contributed by atoms with Gasteiger partial charge in [0.15, 0.2) is 5.58 Å². The zero-order chi connectivity index (χ0) is 10.3. The van der Waals surface area contributed by atoms with Crippen molar-refractivity contribution in [1.82, 2.24) is 0 Å². The summed E-state index contributed by atoms with van der Waals surface area (Å²) in [5.74, 6) is -0.139. The summed E-state index contributed by atoms with van der Waals surface area (Å²) >= 11 is 8.96. The minimum Gasteiger partial charge on any atom is -0.507 e. The predicted octanol–water partition coefficient (Wildman–Crippen LogP) is 2.91. The molecule has 0 saturated carbocycles. The summed E-state index contributed by atoms with van der Waals surface area (Å²) in [5.41, 5.74) is -0.308. The molecule has 1 N–H and O–H groups in total. The Labute approximate surface area is 92.0 Å². The summed E-state index contributed by atoms with van der Waals surface area (Å²) < 4.78 is 5.44. The number of hydrogen-bond acceptors (Lipinski definition) is 3. The average Bonchev–Trinajstić information content (AvgIpc) is 2.07. The summed E-state index contributed by atoms with van der Waals surface area (Å²) in [6.45, 7) is 0. The van der Waals surface area contributed by atoms with Crippen LogP contribution in [0.2, 0.25) is 5.02 Å². The second kappa shape index (κ2) is 3.29. The van der Waals surface area contributed by atoms with E-state index in [1.807, 2.05) is 0 Å². The third kappa shape index (κ3) is 1.51. The topological polar surface area (TPSA) is 50.4 Å². The fraction of sp³-hybridized carbons (Fsp3) is 0. The van der Waals surface area contributed by atoms with Crippen LogP contribution < -0.4 is 5.63 Å².